The third kappa shape index (κ3) is 2.74. The van der Waals surface area contributed by atoms with Gasteiger partial charge in [0.15, 0.2) is 0 Å². The molecule has 17 heavy (non-hydrogen) atoms. The Morgan fingerprint density at radius 2 is 2.35 bits per heavy atom. The SMILES string of the molecule is N#CCNC(=O)CNC1COc2ccccc21. The fraction of sp³-hybridized carbons (Fsp3) is 0.333. The Morgan fingerprint density at radius 1 is 1.53 bits per heavy atom. The quantitative estimate of drug-likeness (QED) is 0.733. The number of hydrogen-bond acceptors (Lipinski definition) is 4. The molecule has 5 heteroatoms. The summed E-state index contributed by atoms with van der Waals surface area (Å²) in [6.45, 7) is 0.757. The highest BCUT2D eigenvalue weighted by Crippen LogP contribution is 2.31. The van der Waals surface area contributed by atoms with E-state index in [1.54, 1.807) is 0 Å². The molecule has 1 heterocycles. The molecule has 5 nitrogen and oxygen atoms in total. The smallest absolute Gasteiger partial charge is 0.234 e. The van der Waals surface area contributed by atoms with Gasteiger partial charge in [0, 0.05) is 5.56 Å². The van der Waals surface area contributed by atoms with E-state index in [-0.39, 0.29) is 25.0 Å². The summed E-state index contributed by atoms with van der Waals surface area (Å²) in [5.41, 5.74) is 1.07. The lowest BCUT2D eigenvalue weighted by Gasteiger charge is -2.10. The zero-order chi connectivity index (χ0) is 12.1. The van der Waals surface area contributed by atoms with Crippen LogP contribution in [0.2, 0.25) is 0 Å². The summed E-state index contributed by atoms with van der Waals surface area (Å²) in [4.78, 5) is 11.3. The molecule has 0 saturated carbocycles. The molecule has 1 amide bonds. The summed E-state index contributed by atoms with van der Waals surface area (Å²) >= 11 is 0. The predicted molar refractivity (Wildman–Crippen MR) is 61.3 cm³/mol. The van der Waals surface area contributed by atoms with Crippen LogP contribution in [0.5, 0.6) is 5.75 Å². The minimum absolute atomic E-state index is 0.0399. The third-order valence-electron chi connectivity index (χ3n) is 2.57. The van der Waals surface area contributed by atoms with Crippen LogP contribution in [0.1, 0.15) is 11.6 Å². The van der Waals surface area contributed by atoms with Gasteiger partial charge in [-0.25, -0.2) is 0 Å². The van der Waals surface area contributed by atoms with Crippen molar-refractivity contribution >= 4 is 5.91 Å². The Balaban J connectivity index is 1.86. The number of benzene rings is 1. The van der Waals surface area contributed by atoms with Crippen molar-refractivity contribution in [3.05, 3.63) is 29.8 Å². The van der Waals surface area contributed by atoms with Gasteiger partial charge in [0.25, 0.3) is 0 Å². The van der Waals surface area contributed by atoms with Crippen molar-refractivity contribution in [1.82, 2.24) is 10.6 Å². The van der Waals surface area contributed by atoms with Crippen LogP contribution in [0, 0.1) is 11.3 Å². The standard InChI is InChI=1S/C12H13N3O2/c13-5-6-14-12(16)7-15-10-8-17-11-4-2-1-3-9(10)11/h1-4,10,15H,6-8H2,(H,14,16). The second-order valence-corrected chi connectivity index (χ2v) is 3.72. The summed E-state index contributed by atoms with van der Waals surface area (Å²) in [6, 6.07) is 9.65. The number of para-hydroxylation sites is 1. The molecular formula is C12H13N3O2. The number of nitriles is 1. The van der Waals surface area contributed by atoms with Crippen molar-refractivity contribution < 1.29 is 9.53 Å². The Kier molecular flexibility index (Phi) is 3.58. The Hall–Kier alpha value is -2.06. The highest BCUT2D eigenvalue weighted by atomic mass is 16.5. The number of carbonyl (C=O) groups excluding carboxylic acids is 1. The molecule has 1 aliphatic heterocycles. The Bertz CT molecular complexity index is 453. The zero-order valence-corrected chi connectivity index (χ0v) is 9.27. The molecule has 0 saturated heterocycles. The fourth-order valence-electron chi connectivity index (χ4n) is 1.75. The molecule has 1 atom stereocenters. The van der Waals surface area contributed by atoms with Crippen molar-refractivity contribution in [2.45, 2.75) is 6.04 Å². The van der Waals surface area contributed by atoms with Crippen LogP contribution < -0.4 is 15.4 Å². The molecule has 2 N–H and O–H groups in total. The van der Waals surface area contributed by atoms with Gasteiger partial charge in [0.2, 0.25) is 5.91 Å². The molecule has 0 bridgehead atoms. The molecular weight excluding hydrogens is 218 g/mol. The van der Waals surface area contributed by atoms with Crippen LogP contribution in [-0.2, 0) is 4.79 Å². The van der Waals surface area contributed by atoms with E-state index in [1.807, 2.05) is 30.3 Å². The van der Waals surface area contributed by atoms with Crippen LogP contribution in [0.15, 0.2) is 24.3 Å². The summed E-state index contributed by atoms with van der Waals surface area (Å²) in [5, 5.41) is 13.9. The number of amides is 1. The van der Waals surface area contributed by atoms with E-state index in [4.69, 9.17) is 10.00 Å². The molecule has 1 aromatic carbocycles. The predicted octanol–water partition coefficient (Wildman–Crippen LogP) is 0.349. The first kappa shape index (κ1) is 11.4. The van der Waals surface area contributed by atoms with Gasteiger partial charge in [-0.15, -0.1) is 0 Å². The molecule has 88 valence electrons. The fourth-order valence-corrected chi connectivity index (χ4v) is 1.75. The number of ether oxygens (including phenoxy) is 1. The van der Waals surface area contributed by atoms with Gasteiger partial charge in [0.05, 0.1) is 18.7 Å². The molecule has 0 aliphatic carbocycles. The topological polar surface area (TPSA) is 74.2 Å². The number of nitrogens with zero attached hydrogens (tertiary/aromatic N) is 1. The molecule has 0 aromatic heterocycles. The van der Waals surface area contributed by atoms with Gasteiger partial charge in [-0.05, 0) is 6.07 Å². The van der Waals surface area contributed by atoms with Crippen molar-refractivity contribution in [2.24, 2.45) is 0 Å². The van der Waals surface area contributed by atoms with E-state index < -0.39 is 0 Å². The second-order valence-electron chi connectivity index (χ2n) is 3.72. The van der Waals surface area contributed by atoms with E-state index >= 15 is 0 Å². The van der Waals surface area contributed by atoms with Gasteiger partial charge >= 0.3 is 0 Å². The molecule has 0 radical (unpaired) electrons. The second kappa shape index (κ2) is 5.32. The monoisotopic (exact) mass is 231 g/mol. The van der Waals surface area contributed by atoms with E-state index in [0.29, 0.717) is 6.61 Å². The summed E-state index contributed by atoms with van der Waals surface area (Å²) in [7, 11) is 0. The first-order valence-corrected chi connectivity index (χ1v) is 5.40. The maximum absolute atomic E-state index is 11.3. The van der Waals surface area contributed by atoms with E-state index in [1.165, 1.54) is 0 Å². The maximum Gasteiger partial charge on any atom is 0.234 e. The van der Waals surface area contributed by atoms with Gasteiger partial charge in [-0.2, -0.15) is 5.26 Å². The number of rotatable bonds is 4. The molecule has 0 fully saturated rings. The normalized spacial score (nSPS) is 16.8. The number of nitrogens with one attached hydrogen (secondary N) is 2. The van der Waals surface area contributed by atoms with Crippen LogP contribution in [0.4, 0.5) is 0 Å². The summed E-state index contributed by atoms with van der Waals surface area (Å²) in [6.07, 6.45) is 0. The van der Waals surface area contributed by atoms with Gasteiger partial charge in [-0.1, -0.05) is 18.2 Å². The van der Waals surface area contributed by atoms with Crippen molar-refractivity contribution in [2.75, 3.05) is 19.7 Å². The van der Waals surface area contributed by atoms with Gasteiger partial charge in [0.1, 0.15) is 18.9 Å². The first-order chi connectivity index (χ1) is 8.31. The average Bonchev–Trinajstić information content (AvgIpc) is 2.77. The van der Waals surface area contributed by atoms with Crippen molar-refractivity contribution in [1.29, 1.82) is 5.26 Å². The molecule has 2 rings (SSSR count). The molecule has 0 spiro atoms. The van der Waals surface area contributed by atoms with E-state index in [0.717, 1.165) is 11.3 Å². The van der Waals surface area contributed by atoms with Crippen LogP contribution in [0.3, 0.4) is 0 Å². The van der Waals surface area contributed by atoms with E-state index in [9.17, 15) is 4.79 Å². The van der Waals surface area contributed by atoms with Gasteiger partial charge in [-0.3, -0.25) is 10.1 Å². The lowest BCUT2D eigenvalue weighted by atomic mass is 10.1. The maximum atomic E-state index is 11.3. The Morgan fingerprint density at radius 3 is 3.18 bits per heavy atom. The molecule has 1 aliphatic rings. The van der Waals surface area contributed by atoms with Crippen LogP contribution in [0.25, 0.3) is 0 Å². The summed E-state index contributed by atoms with van der Waals surface area (Å²) < 4.78 is 5.48. The number of hydrogen-bond donors (Lipinski definition) is 2. The van der Waals surface area contributed by atoms with Crippen LogP contribution >= 0.6 is 0 Å². The van der Waals surface area contributed by atoms with Crippen molar-refractivity contribution in [3.8, 4) is 11.8 Å². The minimum Gasteiger partial charge on any atom is -0.491 e. The van der Waals surface area contributed by atoms with Crippen LogP contribution in [-0.4, -0.2) is 25.6 Å². The lowest BCUT2D eigenvalue weighted by molar-refractivity contribution is -0.120. The van der Waals surface area contributed by atoms with Gasteiger partial charge < -0.3 is 10.1 Å². The third-order valence-corrected chi connectivity index (χ3v) is 2.57. The molecule has 1 unspecified atom stereocenters. The number of carbonyl (C=O) groups is 1. The first-order valence-electron chi connectivity index (χ1n) is 5.40. The zero-order valence-electron chi connectivity index (χ0n) is 9.27. The Labute approximate surface area is 99.4 Å². The van der Waals surface area contributed by atoms with Crippen molar-refractivity contribution in [3.63, 3.8) is 0 Å². The lowest BCUT2D eigenvalue weighted by Crippen LogP contribution is -2.36. The van der Waals surface area contributed by atoms with E-state index in [2.05, 4.69) is 10.6 Å². The summed E-state index contributed by atoms with van der Waals surface area (Å²) in [5.74, 6) is 0.679. The molecule has 1 aromatic rings. The average molecular weight is 231 g/mol. The minimum atomic E-state index is -0.184. The highest BCUT2D eigenvalue weighted by Gasteiger charge is 2.23. The highest BCUT2D eigenvalue weighted by molar-refractivity contribution is 5.78. The number of fused-ring (bicyclic) bond motifs is 1. The largest absolute Gasteiger partial charge is 0.491 e.